The van der Waals surface area contributed by atoms with Crippen molar-refractivity contribution in [1.82, 2.24) is 9.78 Å². The summed E-state index contributed by atoms with van der Waals surface area (Å²) in [5.41, 5.74) is 5.85. The molecule has 2 aromatic rings. The maximum Gasteiger partial charge on any atom is 0.265 e. The van der Waals surface area contributed by atoms with Gasteiger partial charge in [-0.2, -0.15) is 5.10 Å². The maximum atomic E-state index is 12.3. The van der Waals surface area contributed by atoms with Gasteiger partial charge in [0.15, 0.2) is 0 Å². The van der Waals surface area contributed by atoms with Gasteiger partial charge < -0.3 is 5.73 Å². The lowest BCUT2D eigenvalue weighted by Gasteiger charge is -2.08. The Labute approximate surface area is 133 Å². The lowest BCUT2D eigenvalue weighted by Crippen LogP contribution is -2.13. The highest BCUT2D eigenvalue weighted by Gasteiger charge is 2.18. The van der Waals surface area contributed by atoms with Gasteiger partial charge in [-0.15, -0.1) is 0 Å². The SMILES string of the molecule is NCCn1cc(S(=O)(=O)Nc2cc(Br)ccc2Br)cn1. The molecule has 1 heterocycles. The molecule has 0 spiro atoms. The number of nitrogens with zero attached hydrogens (tertiary/aromatic N) is 2. The van der Waals surface area contributed by atoms with Gasteiger partial charge in [0.1, 0.15) is 4.90 Å². The van der Waals surface area contributed by atoms with E-state index in [1.807, 2.05) is 0 Å². The second-order valence-electron chi connectivity index (χ2n) is 3.96. The number of benzene rings is 1. The summed E-state index contributed by atoms with van der Waals surface area (Å²) in [4.78, 5) is 0.0952. The Morgan fingerprint density at radius 3 is 2.80 bits per heavy atom. The predicted molar refractivity (Wildman–Crippen MR) is 83.9 cm³/mol. The Morgan fingerprint density at radius 1 is 1.35 bits per heavy atom. The van der Waals surface area contributed by atoms with Crippen LogP contribution in [0.1, 0.15) is 0 Å². The van der Waals surface area contributed by atoms with E-state index in [4.69, 9.17) is 5.73 Å². The quantitative estimate of drug-likeness (QED) is 0.770. The van der Waals surface area contributed by atoms with Gasteiger partial charge in [-0.1, -0.05) is 15.9 Å². The van der Waals surface area contributed by atoms with Crippen LogP contribution in [0.3, 0.4) is 0 Å². The molecule has 1 aromatic carbocycles. The predicted octanol–water partition coefficient (Wildman–Crippen LogP) is 2.17. The molecule has 0 aliphatic heterocycles. The molecule has 0 aliphatic carbocycles. The minimum Gasteiger partial charge on any atom is -0.329 e. The summed E-state index contributed by atoms with van der Waals surface area (Å²) in [6.45, 7) is 0.863. The van der Waals surface area contributed by atoms with E-state index in [0.29, 0.717) is 23.2 Å². The lowest BCUT2D eigenvalue weighted by molar-refractivity contribution is 0.599. The van der Waals surface area contributed by atoms with Gasteiger partial charge in [0.05, 0.1) is 18.4 Å². The topological polar surface area (TPSA) is 90.0 Å². The van der Waals surface area contributed by atoms with E-state index in [2.05, 4.69) is 41.7 Å². The van der Waals surface area contributed by atoms with Crippen LogP contribution in [0.4, 0.5) is 5.69 Å². The standard InChI is InChI=1S/C11H12Br2N4O2S/c12-8-1-2-10(13)11(5-8)16-20(18,19)9-6-15-17(7-9)4-3-14/h1-2,5-7,16H,3-4,14H2. The van der Waals surface area contributed by atoms with Gasteiger partial charge in [-0.3, -0.25) is 9.40 Å². The van der Waals surface area contributed by atoms with Crippen molar-refractivity contribution >= 4 is 47.6 Å². The molecule has 0 radical (unpaired) electrons. The first kappa shape index (κ1) is 15.5. The number of hydrogen-bond donors (Lipinski definition) is 2. The van der Waals surface area contributed by atoms with E-state index in [1.165, 1.54) is 17.1 Å². The molecule has 1 aromatic heterocycles. The first-order chi connectivity index (χ1) is 9.42. The van der Waals surface area contributed by atoms with Gasteiger partial charge in [0, 0.05) is 21.7 Å². The molecule has 108 valence electrons. The fourth-order valence-corrected chi connectivity index (χ4v) is 3.38. The minimum absolute atomic E-state index is 0.0952. The number of sulfonamides is 1. The summed E-state index contributed by atoms with van der Waals surface area (Å²) in [7, 11) is -3.68. The van der Waals surface area contributed by atoms with Crippen molar-refractivity contribution in [2.24, 2.45) is 5.73 Å². The van der Waals surface area contributed by atoms with Crippen LogP contribution in [-0.2, 0) is 16.6 Å². The fourth-order valence-electron chi connectivity index (χ4n) is 1.52. The molecule has 0 saturated heterocycles. The monoisotopic (exact) mass is 422 g/mol. The van der Waals surface area contributed by atoms with Crippen LogP contribution in [0.2, 0.25) is 0 Å². The number of nitrogens with two attached hydrogens (primary N) is 1. The molecule has 2 rings (SSSR count). The Hall–Kier alpha value is -0.900. The molecule has 9 heteroatoms. The third-order valence-corrected chi connectivity index (χ3v) is 4.96. The molecule has 0 saturated carbocycles. The molecule has 6 nitrogen and oxygen atoms in total. The molecule has 0 unspecified atom stereocenters. The van der Waals surface area contributed by atoms with Crippen molar-refractivity contribution in [2.45, 2.75) is 11.4 Å². The molecule has 0 amide bonds. The van der Waals surface area contributed by atoms with Gasteiger partial charge in [0.2, 0.25) is 0 Å². The van der Waals surface area contributed by atoms with Crippen LogP contribution in [0.5, 0.6) is 0 Å². The van der Waals surface area contributed by atoms with E-state index in [0.717, 1.165) is 4.47 Å². The molecule has 0 aliphatic rings. The third kappa shape index (κ3) is 3.60. The second-order valence-corrected chi connectivity index (χ2v) is 7.41. The maximum absolute atomic E-state index is 12.3. The molecule has 0 fully saturated rings. The summed E-state index contributed by atoms with van der Waals surface area (Å²) in [5.74, 6) is 0. The van der Waals surface area contributed by atoms with E-state index in [1.54, 1.807) is 18.2 Å². The van der Waals surface area contributed by atoms with Crippen LogP contribution in [0, 0.1) is 0 Å². The van der Waals surface area contributed by atoms with Gasteiger partial charge in [0.25, 0.3) is 10.0 Å². The highest BCUT2D eigenvalue weighted by molar-refractivity contribution is 9.11. The van der Waals surface area contributed by atoms with Crippen molar-refractivity contribution in [1.29, 1.82) is 0 Å². The van der Waals surface area contributed by atoms with Gasteiger partial charge >= 0.3 is 0 Å². The Kier molecular flexibility index (Phi) is 4.84. The minimum atomic E-state index is -3.68. The lowest BCUT2D eigenvalue weighted by atomic mass is 10.3. The van der Waals surface area contributed by atoms with Crippen LogP contribution in [0.15, 0.2) is 44.4 Å². The average molecular weight is 424 g/mol. The smallest absolute Gasteiger partial charge is 0.265 e. The molecule has 3 N–H and O–H groups in total. The fraction of sp³-hybridized carbons (Fsp3) is 0.182. The zero-order valence-corrected chi connectivity index (χ0v) is 14.2. The van der Waals surface area contributed by atoms with Gasteiger partial charge in [-0.05, 0) is 34.1 Å². The van der Waals surface area contributed by atoms with Crippen LogP contribution in [-0.4, -0.2) is 24.7 Å². The highest BCUT2D eigenvalue weighted by atomic mass is 79.9. The third-order valence-electron chi connectivity index (χ3n) is 2.45. The summed E-state index contributed by atoms with van der Waals surface area (Å²) in [6, 6.07) is 5.23. The molecular weight excluding hydrogens is 412 g/mol. The number of aromatic nitrogens is 2. The molecule has 20 heavy (non-hydrogen) atoms. The van der Waals surface area contributed by atoms with Crippen molar-refractivity contribution in [2.75, 3.05) is 11.3 Å². The van der Waals surface area contributed by atoms with E-state index in [9.17, 15) is 8.42 Å². The normalized spacial score (nSPS) is 11.6. The second kappa shape index (κ2) is 6.25. The Morgan fingerprint density at radius 2 is 2.10 bits per heavy atom. The number of anilines is 1. The van der Waals surface area contributed by atoms with Crippen LogP contribution in [0.25, 0.3) is 0 Å². The molecule has 0 atom stereocenters. The summed E-state index contributed by atoms with van der Waals surface area (Å²) in [6.07, 6.45) is 2.74. The van der Waals surface area contributed by atoms with Gasteiger partial charge in [-0.25, -0.2) is 8.42 Å². The Balaban J connectivity index is 2.28. The van der Waals surface area contributed by atoms with E-state index in [-0.39, 0.29) is 4.90 Å². The largest absolute Gasteiger partial charge is 0.329 e. The number of nitrogens with one attached hydrogen (secondary N) is 1. The average Bonchev–Trinajstić information content (AvgIpc) is 2.83. The first-order valence-corrected chi connectivity index (χ1v) is 8.69. The molecule has 0 bridgehead atoms. The van der Waals surface area contributed by atoms with E-state index >= 15 is 0 Å². The van der Waals surface area contributed by atoms with E-state index < -0.39 is 10.0 Å². The summed E-state index contributed by atoms with van der Waals surface area (Å²) in [5, 5.41) is 3.95. The number of halogens is 2. The number of hydrogen-bond acceptors (Lipinski definition) is 4. The molecular formula is C11H12Br2N4O2S. The summed E-state index contributed by atoms with van der Waals surface area (Å²) < 4.78 is 29.9. The Bertz CT molecular complexity index is 715. The van der Waals surface area contributed by atoms with Crippen molar-refractivity contribution < 1.29 is 8.42 Å². The highest BCUT2D eigenvalue weighted by Crippen LogP contribution is 2.28. The van der Waals surface area contributed by atoms with Crippen molar-refractivity contribution in [3.05, 3.63) is 39.5 Å². The van der Waals surface area contributed by atoms with Crippen LogP contribution >= 0.6 is 31.9 Å². The van der Waals surface area contributed by atoms with Crippen molar-refractivity contribution in [3.63, 3.8) is 0 Å². The van der Waals surface area contributed by atoms with Crippen molar-refractivity contribution in [3.8, 4) is 0 Å². The summed E-state index contributed by atoms with van der Waals surface area (Å²) >= 11 is 6.60. The van der Waals surface area contributed by atoms with Crippen LogP contribution < -0.4 is 10.5 Å². The zero-order chi connectivity index (χ0) is 14.8. The number of rotatable bonds is 5. The first-order valence-electron chi connectivity index (χ1n) is 5.63. The zero-order valence-electron chi connectivity index (χ0n) is 10.3.